The van der Waals surface area contributed by atoms with Crippen molar-refractivity contribution in [1.82, 2.24) is 0 Å². The number of thiophene rings is 1. The summed E-state index contributed by atoms with van der Waals surface area (Å²) in [4.78, 5) is 2.43. The maximum absolute atomic E-state index is 2.43. The molecular formula is C58H39NS. The average molecular weight is 782 g/mol. The molecule has 11 rings (SSSR count). The van der Waals surface area contributed by atoms with Gasteiger partial charge in [0.2, 0.25) is 0 Å². The highest BCUT2D eigenvalue weighted by molar-refractivity contribution is 7.26. The predicted molar refractivity (Wildman–Crippen MR) is 259 cm³/mol. The Balaban J connectivity index is 1.00. The largest absolute Gasteiger partial charge is 0.310 e. The summed E-state index contributed by atoms with van der Waals surface area (Å²) in [6, 6.07) is 86.2. The van der Waals surface area contributed by atoms with E-state index in [1.165, 1.54) is 92.3 Å². The summed E-state index contributed by atoms with van der Waals surface area (Å²) in [6.45, 7) is 0. The number of nitrogens with zero attached hydrogens (tertiary/aromatic N) is 1. The number of benzene rings is 10. The fourth-order valence-corrected chi connectivity index (χ4v) is 9.74. The van der Waals surface area contributed by atoms with Gasteiger partial charge in [-0.05, 0) is 139 Å². The van der Waals surface area contributed by atoms with Crippen LogP contribution in [-0.2, 0) is 0 Å². The molecule has 0 saturated carbocycles. The molecule has 0 unspecified atom stereocenters. The van der Waals surface area contributed by atoms with Gasteiger partial charge in [0.05, 0.1) is 5.69 Å². The van der Waals surface area contributed by atoms with E-state index in [1.54, 1.807) is 0 Å². The van der Waals surface area contributed by atoms with Crippen LogP contribution in [-0.4, -0.2) is 0 Å². The van der Waals surface area contributed by atoms with E-state index in [0.29, 0.717) is 0 Å². The van der Waals surface area contributed by atoms with Gasteiger partial charge in [0.1, 0.15) is 0 Å². The van der Waals surface area contributed by atoms with E-state index in [4.69, 9.17) is 0 Å². The summed E-state index contributed by atoms with van der Waals surface area (Å²) in [5.41, 5.74) is 15.4. The molecule has 0 atom stereocenters. The molecule has 0 aliphatic rings. The van der Waals surface area contributed by atoms with Gasteiger partial charge < -0.3 is 4.90 Å². The van der Waals surface area contributed by atoms with E-state index in [-0.39, 0.29) is 0 Å². The first-order valence-electron chi connectivity index (χ1n) is 20.5. The summed E-state index contributed by atoms with van der Waals surface area (Å²) in [6.07, 6.45) is 0. The number of hydrogen-bond donors (Lipinski definition) is 0. The molecule has 0 aliphatic heterocycles. The molecule has 10 aromatic carbocycles. The zero-order valence-corrected chi connectivity index (χ0v) is 33.7. The number of fused-ring (bicyclic) bond motifs is 4. The Hall–Kier alpha value is -7.52. The zero-order chi connectivity index (χ0) is 39.8. The molecule has 0 radical (unpaired) electrons. The Morgan fingerprint density at radius 1 is 0.267 bits per heavy atom. The lowest BCUT2D eigenvalue weighted by Crippen LogP contribution is -2.10. The lowest BCUT2D eigenvalue weighted by molar-refractivity contribution is 1.30. The van der Waals surface area contributed by atoms with Gasteiger partial charge in [-0.25, -0.2) is 0 Å². The van der Waals surface area contributed by atoms with Crippen molar-refractivity contribution in [2.75, 3.05) is 4.90 Å². The van der Waals surface area contributed by atoms with E-state index >= 15 is 0 Å². The summed E-state index contributed by atoms with van der Waals surface area (Å²) >= 11 is 1.86. The van der Waals surface area contributed by atoms with Crippen LogP contribution in [0.3, 0.4) is 0 Å². The van der Waals surface area contributed by atoms with Crippen LogP contribution < -0.4 is 4.90 Å². The minimum atomic E-state index is 1.11. The minimum Gasteiger partial charge on any atom is -0.310 e. The van der Waals surface area contributed by atoms with Crippen LogP contribution in [0.5, 0.6) is 0 Å². The van der Waals surface area contributed by atoms with Gasteiger partial charge in [-0.15, -0.1) is 11.3 Å². The Bertz CT molecular complexity index is 3230. The van der Waals surface area contributed by atoms with Crippen molar-refractivity contribution >= 4 is 59.3 Å². The van der Waals surface area contributed by atoms with Crippen LogP contribution in [0.15, 0.2) is 237 Å². The molecule has 11 aromatic rings. The van der Waals surface area contributed by atoms with Crippen LogP contribution >= 0.6 is 11.3 Å². The molecule has 0 amide bonds. The smallest absolute Gasteiger partial charge is 0.0554 e. The summed E-state index contributed by atoms with van der Waals surface area (Å²) in [5, 5.41) is 5.07. The molecule has 1 nitrogen and oxygen atoms in total. The van der Waals surface area contributed by atoms with Gasteiger partial charge >= 0.3 is 0 Å². The van der Waals surface area contributed by atoms with E-state index in [0.717, 1.165) is 11.4 Å². The highest BCUT2D eigenvalue weighted by Gasteiger charge is 2.19. The van der Waals surface area contributed by atoms with E-state index in [1.807, 2.05) is 11.3 Å². The molecule has 0 bridgehead atoms. The molecule has 1 heterocycles. The number of rotatable bonds is 8. The normalized spacial score (nSPS) is 11.3. The van der Waals surface area contributed by atoms with Crippen molar-refractivity contribution in [3.05, 3.63) is 237 Å². The maximum Gasteiger partial charge on any atom is 0.0554 e. The van der Waals surface area contributed by atoms with Crippen molar-refractivity contribution in [3.63, 3.8) is 0 Å². The topological polar surface area (TPSA) is 3.24 Å². The molecule has 0 aliphatic carbocycles. The monoisotopic (exact) mass is 781 g/mol. The van der Waals surface area contributed by atoms with Gasteiger partial charge in [0.15, 0.2) is 0 Å². The van der Waals surface area contributed by atoms with Crippen LogP contribution in [0.4, 0.5) is 17.1 Å². The second-order valence-corrected chi connectivity index (χ2v) is 16.4. The molecule has 282 valence electrons. The fourth-order valence-electron chi connectivity index (χ4n) is 8.61. The fraction of sp³-hybridized carbons (Fsp3) is 0. The third-order valence-corrected chi connectivity index (χ3v) is 12.8. The molecule has 0 saturated heterocycles. The molecule has 2 heteroatoms. The molecular weight excluding hydrogens is 743 g/mol. The maximum atomic E-state index is 2.43. The van der Waals surface area contributed by atoms with Crippen LogP contribution in [0.2, 0.25) is 0 Å². The van der Waals surface area contributed by atoms with Gasteiger partial charge in [-0.3, -0.25) is 0 Å². The third-order valence-electron chi connectivity index (χ3n) is 11.6. The van der Waals surface area contributed by atoms with Crippen LogP contribution in [0, 0.1) is 0 Å². The van der Waals surface area contributed by atoms with Crippen molar-refractivity contribution in [2.24, 2.45) is 0 Å². The van der Waals surface area contributed by atoms with Crippen molar-refractivity contribution in [3.8, 4) is 55.6 Å². The SMILES string of the molecule is c1ccc(-c2cc(-c3ccccc3)cc(-c3ccc(N(c4ccc(-c5cccc(-c6ccc7ccccc7c6)c5)cc4)c4cccc5sc6ccccc6c45)cc3)c2)cc1. The van der Waals surface area contributed by atoms with Crippen LogP contribution in [0.1, 0.15) is 0 Å². The first-order chi connectivity index (χ1) is 29.7. The van der Waals surface area contributed by atoms with Crippen molar-refractivity contribution < 1.29 is 0 Å². The molecule has 1 aromatic heterocycles. The zero-order valence-electron chi connectivity index (χ0n) is 32.9. The Morgan fingerprint density at radius 3 is 1.35 bits per heavy atom. The Labute approximate surface area is 354 Å². The van der Waals surface area contributed by atoms with E-state index in [2.05, 4.69) is 241 Å². The van der Waals surface area contributed by atoms with Gasteiger partial charge in [-0.2, -0.15) is 0 Å². The third kappa shape index (κ3) is 6.73. The minimum absolute atomic E-state index is 1.11. The second kappa shape index (κ2) is 15.3. The molecule has 60 heavy (non-hydrogen) atoms. The lowest BCUT2D eigenvalue weighted by Gasteiger charge is -2.27. The van der Waals surface area contributed by atoms with Crippen molar-refractivity contribution in [2.45, 2.75) is 0 Å². The van der Waals surface area contributed by atoms with E-state index < -0.39 is 0 Å². The van der Waals surface area contributed by atoms with E-state index in [9.17, 15) is 0 Å². The number of anilines is 3. The molecule has 0 spiro atoms. The molecule has 0 N–H and O–H groups in total. The highest BCUT2D eigenvalue weighted by atomic mass is 32.1. The quantitative estimate of drug-likeness (QED) is 0.148. The first kappa shape index (κ1) is 35.6. The average Bonchev–Trinajstić information content (AvgIpc) is 3.72. The standard InChI is InChI=1S/C58H39NS/c1-3-13-40(14-4-1)49-37-50(41-15-5-2-6-16-41)39-51(38-49)44-29-33-53(34-30-44)59(55-22-12-24-57-58(55)54-21-9-10-23-56(54)60-57)52-31-27-43(28-32-52)46-19-11-20-47(35-46)48-26-25-42-17-7-8-18-45(42)36-48/h1-39H. The number of hydrogen-bond acceptors (Lipinski definition) is 2. The van der Waals surface area contributed by atoms with Gasteiger partial charge in [-0.1, -0.05) is 164 Å². The van der Waals surface area contributed by atoms with Gasteiger partial charge in [0, 0.05) is 31.5 Å². The highest BCUT2D eigenvalue weighted by Crippen LogP contribution is 2.45. The summed E-state index contributed by atoms with van der Waals surface area (Å²) in [7, 11) is 0. The van der Waals surface area contributed by atoms with Crippen LogP contribution in [0.25, 0.3) is 86.6 Å². The second-order valence-electron chi connectivity index (χ2n) is 15.4. The van der Waals surface area contributed by atoms with Gasteiger partial charge in [0.25, 0.3) is 0 Å². The Morgan fingerprint density at radius 2 is 0.700 bits per heavy atom. The first-order valence-corrected chi connectivity index (χ1v) is 21.3. The lowest BCUT2D eigenvalue weighted by atomic mass is 9.93. The predicted octanol–water partition coefficient (Wildman–Crippen LogP) is 17.0. The summed E-state index contributed by atoms with van der Waals surface area (Å²) in [5.74, 6) is 0. The summed E-state index contributed by atoms with van der Waals surface area (Å²) < 4.78 is 2.58. The molecule has 0 fully saturated rings. The Kier molecular flexibility index (Phi) is 9.11. The van der Waals surface area contributed by atoms with Crippen molar-refractivity contribution in [1.29, 1.82) is 0 Å².